The molecule has 2 rings (SSSR count). The largest absolute Gasteiger partial charge is 0.299 e. The molecule has 1 aliphatic rings. The van der Waals surface area contributed by atoms with Crippen molar-refractivity contribution in [1.29, 1.82) is 0 Å². The van der Waals surface area contributed by atoms with Crippen LogP contribution >= 0.6 is 12.6 Å². The van der Waals surface area contributed by atoms with Crippen LogP contribution in [0.15, 0.2) is 29.2 Å². The lowest BCUT2D eigenvalue weighted by Crippen LogP contribution is -2.33. The second kappa shape index (κ2) is 5.04. The summed E-state index contributed by atoms with van der Waals surface area (Å²) in [6.07, 6.45) is 2.73. The first-order valence-corrected chi connectivity index (χ1v) is 6.19. The maximum atomic E-state index is 4.49. The van der Waals surface area contributed by atoms with Gasteiger partial charge in [0.25, 0.3) is 0 Å². The maximum Gasteiger partial charge on any atom is 0.0244 e. The van der Waals surface area contributed by atoms with E-state index in [2.05, 4.69) is 42.7 Å². The molecule has 0 saturated carbocycles. The molecule has 0 unspecified atom stereocenters. The third-order valence-electron chi connectivity index (χ3n) is 3.13. The van der Waals surface area contributed by atoms with Crippen LogP contribution in [0.3, 0.4) is 0 Å². The van der Waals surface area contributed by atoms with Gasteiger partial charge >= 0.3 is 0 Å². The van der Waals surface area contributed by atoms with Gasteiger partial charge in [0, 0.05) is 18.0 Å². The van der Waals surface area contributed by atoms with E-state index in [0.717, 1.165) is 17.4 Å². The van der Waals surface area contributed by atoms with Crippen molar-refractivity contribution in [1.82, 2.24) is 4.90 Å². The van der Waals surface area contributed by atoms with Crippen LogP contribution in [0.5, 0.6) is 0 Å². The molecule has 82 valence electrons. The molecule has 0 amide bonds. The summed E-state index contributed by atoms with van der Waals surface area (Å²) in [5, 5.41) is 0. The van der Waals surface area contributed by atoms with Crippen molar-refractivity contribution in [3.05, 3.63) is 29.8 Å². The Labute approximate surface area is 97.9 Å². The van der Waals surface area contributed by atoms with E-state index in [4.69, 9.17) is 0 Å². The van der Waals surface area contributed by atoms with Gasteiger partial charge in [-0.1, -0.05) is 25.1 Å². The van der Waals surface area contributed by atoms with Crippen molar-refractivity contribution in [2.45, 2.75) is 31.2 Å². The summed E-state index contributed by atoms with van der Waals surface area (Å²) in [5.41, 5.74) is 1.36. The number of hydrogen-bond acceptors (Lipinski definition) is 2. The van der Waals surface area contributed by atoms with Crippen LogP contribution in [0.2, 0.25) is 0 Å². The molecule has 2 heteroatoms. The van der Waals surface area contributed by atoms with Crippen molar-refractivity contribution < 1.29 is 0 Å². The third kappa shape index (κ3) is 2.99. The number of rotatable bonds is 2. The van der Waals surface area contributed by atoms with E-state index in [1.807, 2.05) is 6.07 Å². The average molecular weight is 221 g/mol. The molecule has 15 heavy (non-hydrogen) atoms. The molecule has 1 fully saturated rings. The second-order valence-electron chi connectivity index (χ2n) is 4.61. The van der Waals surface area contributed by atoms with Crippen molar-refractivity contribution >= 4 is 12.6 Å². The molecular weight excluding hydrogens is 202 g/mol. The standard InChI is InChI=1S/C13H19NS/c1-11-5-4-8-14(9-11)10-12-6-2-3-7-13(12)15/h2-3,6-7,11,15H,4-5,8-10H2,1H3/t11-/m0/s1. The Hall–Kier alpha value is -0.470. The summed E-state index contributed by atoms with van der Waals surface area (Å²) in [5.74, 6) is 0.853. The van der Waals surface area contributed by atoms with Crippen LogP contribution < -0.4 is 0 Å². The molecule has 0 bridgehead atoms. The summed E-state index contributed by atoms with van der Waals surface area (Å²) in [7, 11) is 0. The minimum absolute atomic E-state index is 0.853. The number of hydrogen-bond donors (Lipinski definition) is 1. The van der Waals surface area contributed by atoms with Crippen molar-refractivity contribution in [2.75, 3.05) is 13.1 Å². The van der Waals surface area contributed by atoms with Crippen molar-refractivity contribution in [3.8, 4) is 0 Å². The molecule has 0 spiro atoms. The normalized spacial score (nSPS) is 22.9. The minimum atomic E-state index is 0.853. The highest BCUT2D eigenvalue weighted by molar-refractivity contribution is 7.80. The number of piperidine rings is 1. The minimum Gasteiger partial charge on any atom is -0.299 e. The Morgan fingerprint density at radius 2 is 2.20 bits per heavy atom. The lowest BCUT2D eigenvalue weighted by Gasteiger charge is -2.31. The summed E-state index contributed by atoms with van der Waals surface area (Å²) < 4.78 is 0. The van der Waals surface area contributed by atoms with E-state index in [1.165, 1.54) is 31.5 Å². The molecule has 0 radical (unpaired) electrons. The zero-order valence-corrected chi connectivity index (χ0v) is 10.2. The Kier molecular flexibility index (Phi) is 3.71. The van der Waals surface area contributed by atoms with Gasteiger partial charge in [-0.2, -0.15) is 0 Å². The van der Waals surface area contributed by atoms with Crippen LogP contribution in [0, 0.1) is 5.92 Å². The fourth-order valence-corrected chi connectivity index (χ4v) is 2.55. The first-order chi connectivity index (χ1) is 7.25. The molecule has 1 aromatic rings. The number of nitrogens with zero attached hydrogens (tertiary/aromatic N) is 1. The first kappa shape index (κ1) is 11.0. The molecule has 1 heterocycles. The van der Waals surface area contributed by atoms with Gasteiger partial charge in [-0.25, -0.2) is 0 Å². The molecule has 0 N–H and O–H groups in total. The summed E-state index contributed by atoms with van der Waals surface area (Å²) in [6.45, 7) is 5.89. The molecule has 1 nitrogen and oxygen atoms in total. The zero-order valence-electron chi connectivity index (χ0n) is 9.32. The number of thiol groups is 1. The van der Waals surface area contributed by atoms with Gasteiger partial charge in [-0.15, -0.1) is 12.6 Å². The lowest BCUT2D eigenvalue weighted by atomic mass is 10.00. The van der Waals surface area contributed by atoms with E-state index in [-0.39, 0.29) is 0 Å². The highest BCUT2D eigenvalue weighted by atomic mass is 32.1. The number of benzene rings is 1. The van der Waals surface area contributed by atoms with E-state index >= 15 is 0 Å². The second-order valence-corrected chi connectivity index (χ2v) is 5.09. The van der Waals surface area contributed by atoms with Crippen LogP contribution in [0.1, 0.15) is 25.3 Å². The van der Waals surface area contributed by atoms with Gasteiger partial charge in [0.1, 0.15) is 0 Å². The monoisotopic (exact) mass is 221 g/mol. The van der Waals surface area contributed by atoms with Gasteiger partial charge in [-0.3, -0.25) is 4.90 Å². The van der Waals surface area contributed by atoms with E-state index in [1.54, 1.807) is 0 Å². The summed E-state index contributed by atoms with van der Waals surface area (Å²) >= 11 is 4.49. The van der Waals surface area contributed by atoms with Gasteiger partial charge in [-0.05, 0) is 36.9 Å². The fraction of sp³-hybridized carbons (Fsp3) is 0.538. The maximum absolute atomic E-state index is 4.49. The van der Waals surface area contributed by atoms with Gasteiger partial charge in [0.05, 0.1) is 0 Å². The third-order valence-corrected chi connectivity index (χ3v) is 3.56. The summed E-state index contributed by atoms with van der Waals surface area (Å²) in [4.78, 5) is 3.67. The molecular formula is C13H19NS. The Bertz CT molecular complexity index is 324. The topological polar surface area (TPSA) is 3.24 Å². The van der Waals surface area contributed by atoms with Crippen LogP contribution in [-0.4, -0.2) is 18.0 Å². The number of likely N-dealkylation sites (tertiary alicyclic amines) is 1. The fourth-order valence-electron chi connectivity index (χ4n) is 2.32. The average Bonchev–Trinajstić information content (AvgIpc) is 2.22. The van der Waals surface area contributed by atoms with Crippen molar-refractivity contribution in [3.63, 3.8) is 0 Å². The predicted molar refractivity (Wildman–Crippen MR) is 67.4 cm³/mol. The first-order valence-electron chi connectivity index (χ1n) is 5.75. The smallest absolute Gasteiger partial charge is 0.0244 e. The van der Waals surface area contributed by atoms with Gasteiger partial charge in [0.2, 0.25) is 0 Å². The Balaban J connectivity index is 1.99. The lowest BCUT2D eigenvalue weighted by molar-refractivity contribution is 0.175. The SMILES string of the molecule is C[C@H]1CCCN(Cc2ccccc2S)C1. The van der Waals surface area contributed by atoms with Gasteiger partial charge in [0.15, 0.2) is 0 Å². The van der Waals surface area contributed by atoms with E-state index in [9.17, 15) is 0 Å². The molecule has 1 aromatic carbocycles. The van der Waals surface area contributed by atoms with Crippen molar-refractivity contribution in [2.24, 2.45) is 5.92 Å². The van der Waals surface area contributed by atoms with E-state index < -0.39 is 0 Å². The highest BCUT2D eigenvalue weighted by Gasteiger charge is 2.16. The molecule has 1 atom stereocenters. The van der Waals surface area contributed by atoms with Crippen LogP contribution in [0.4, 0.5) is 0 Å². The highest BCUT2D eigenvalue weighted by Crippen LogP contribution is 2.20. The Morgan fingerprint density at radius 1 is 1.40 bits per heavy atom. The zero-order chi connectivity index (χ0) is 10.7. The molecule has 1 saturated heterocycles. The van der Waals surface area contributed by atoms with Crippen LogP contribution in [-0.2, 0) is 6.54 Å². The Morgan fingerprint density at radius 3 is 2.93 bits per heavy atom. The molecule has 1 aliphatic heterocycles. The van der Waals surface area contributed by atoms with Gasteiger partial charge < -0.3 is 0 Å². The molecule has 0 aromatic heterocycles. The summed E-state index contributed by atoms with van der Waals surface area (Å²) in [6, 6.07) is 8.40. The van der Waals surface area contributed by atoms with Crippen LogP contribution in [0.25, 0.3) is 0 Å². The van der Waals surface area contributed by atoms with E-state index in [0.29, 0.717) is 0 Å². The predicted octanol–water partition coefficient (Wildman–Crippen LogP) is 3.21. The quantitative estimate of drug-likeness (QED) is 0.751. The molecule has 0 aliphatic carbocycles.